The molecule has 2 aromatic rings. The molecule has 33 heavy (non-hydrogen) atoms. The van der Waals surface area contributed by atoms with Crippen LogP contribution in [0, 0.1) is 0 Å². The molecule has 1 aliphatic rings. The lowest BCUT2D eigenvalue weighted by molar-refractivity contribution is -0.234. The minimum atomic E-state index is -4.90. The van der Waals surface area contributed by atoms with E-state index in [1.54, 1.807) is 0 Å². The smallest absolute Gasteiger partial charge is 0.417 e. The number of nitrogens with zero attached hydrogens (tertiary/aromatic N) is 3. The summed E-state index contributed by atoms with van der Waals surface area (Å²) in [5, 5.41) is 2.91. The van der Waals surface area contributed by atoms with Gasteiger partial charge in [-0.15, -0.1) is 0 Å². The highest BCUT2D eigenvalue weighted by Crippen LogP contribution is 2.26. The van der Waals surface area contributed by atoms with E-state index in [0.29, 0.717) is 29.9 Å². The quantitative estimate of drug-likeness (QED) is 0.563. The molecule has 8 nitrogen and oxygen atoms in total. The average Bonchev–Trinajstić information content (AvgIpc) is 3.05. The number of alkyl halides is 5. The van der Waals surface area contributed by atoms with Gasteiger partial charge in [-0.05, 0) is 25.8 Å². The molecule has 0 aromatic carbocycles. The fourth-order valence-corrected chi connectivity index (χ4v) is 4.84. The van der Waals surface area contributed by atoms with Crippen LogP contribution < -0.4 is 10.1 Å². The van der Waals surface area contributed by atoms with Gasteiger partial charge in [0.15, 0.2) is 11.8 Å². The summed E-state index contributed by atoms with van der Waals surface area (Å²) >= 11 is 0. The molecule has 1 aliphatic heterocycles. The first-order valence-corrected chi connectivity index (χ1v) is 11.5. The molecule has 14 heteroatoms. The number of aromatic nitrogens is 3. The second-order valence-corrected chi connectivity index (χ2v) is 9.61. The fraction of sp³-hybridized carbons (Fsp3) is 0.632. The largest absolute Gasteiger partial charge is 0.474 e. The highest BCUT2D eigenvalue weighted by Gasteiger charge is 2.42. The Morgan fingerprint density at radius 2 is 1.91 bits per heavy atom. The minimum Gasteiger partial charge on any atom is -0.474 e. The first kappa shape index (κ1) is 25.3. The third-order valence-electron chi connectivity index (χ3n) is 5.24. The van der Waals surface area contributed by atoms with Gasteiger partial charge in [-0.2, -0.15) is 18.2 Å². The molecule has 0 saturated carbocycles. The highest BCUT2D eigenvalue weighted by atomic mass is 32.2. The van der Waals surface area contributed by atoms with Crippen LogP contribution in [-0.4, -0.2) is 73.6 Å². The standard InChI is InChI=1S/C19H23F5N4O4S/c1-18(5-7-33(30)8-6-18)27-17(29)16-25-11-3-4-14(26-15(11)28(16)2)32-9-12(19(22,23)24)31-10-13(20)21/h3-4,12-13H,5-10H2,1-2H3,(H,27,29). The van der Waals surface area contributed by atoms with Crippen molar-refractivity contribution >= 4 is 27.9 Å². The normalized spacial score (nSPS) is 22.5. The molecule has 3 rings (SSSR count). The predicted molar refractivity (Wildman–Crippen MR) is 109 cm³/mol. The number of aryl methyl sites for hydroxylation is 1. The Labute approximate surface area is 188 Å². The van der Waals surface area contributed by atoms with E-state index in [9.17, 15) is 31.0 Å². The molecule has 184 valence electrons. The molecule has 1 fully saturated rings. The maximum absolute atomic E-state index is 13.0. The van der Waals surface area contributed by atoms with Crippen LogP contribution in [0.5, 0.6) is 5.88 Å². The average molecular weight is 498 g/mol. The van der Waals surface area contributed by atoms with Crippen LogP contribution >= 0.6 is 0 Å². The number of hydrogen-bond acceptors (Lipinski definition) is 6. The SMILES string of the molecule is Cn1c(C(=O)NC2(C)CCS(=O)CC2)nc2ccc(OCC(OCC(F)F)C(F)(F)F)nc21. The predicted octanol–water partition coefficient (Wildman–Crippen LogP) is 2.59. The maximum Gasteiger partial charge on any atom is 0.417 e. The van der Waals surface area contributed by atoms with E-state index < -0.39 is 54.2 Å². The van der Waals surface area contributed by atoms with Crippen LogP contribution in [0.1, 0.15) is 30.4 Å². The molecule has 1 atom stereocenters. The van der Waals surface area contributed by atoms with Crippen molar-refractivity contribution in [3.05, 3.63) is 18.0 Å². The number of hydrogen-bond donors (Lipinski definition) is 1. The van der Waals surface area contributed by atoms with Crippen molar-refractivity contribution in [1.29, 1.82) is 0 Å². The minimum absolute atomic E-state index is 0.0380. The van der Waals surface area contributed by atoms with E-state index in [0.717, 1.165) is 0 Å². The molecule has 1 amide bonds. The zero-order valence-electron chi connectivity index (χ0n) is 17.8. The lowest BCUT2D eigenvalue weighted by Gasteiger charge is -2.33. The number of carbonyl (C=O) groups is 1. The fourth-order valence-electron chi connectivity index (χ4n) is 3.28. The summed E-state index contributed by atoms with van der Waals surface area (Å²) in [5.41, 5.74) is -0.0359. The molecular formula is C19H23F5N4O4S. The van der Waals surface area contributed by atoms with Crippen molar-refractivity contribution in [3.8, 4) is 5.88 Å². The number of ether oxygens (including phenoxy) is 2. The zero-order valence-corrected chi connectivity index (χ0v) is 18.6. The third kappa shape index (κ3) is 6.37. The molecule has 3 heterocycles. The lowest BCUT2D eigenvalue weighted by atomic mass is 9.95. The Morgan fingerprint density at radius 1 is 1.24 bits per heavy atom. The number of carbonyl (C=O) groups excluding carboxylic acids is 1. The van der Waals surface area contributed by atoms with E-state index in [2.05, 4.69) is 20.0 Å². The van der Waals surface area contributed by atoms with E-state index in [1.165, 1.54) is 23.7 Å². The summed E-state index contributed by atoms with van der Waals surface area (Å²) in [7, 11) is 0.624. The topological polar surface area (TPSA) is 95.3 Å². The Hall–Kier alpha value is -2.35. The molecule has 0 radical (unpaired) electrons. The van der Waals surface area contributed by atoms with Crippen molar-refractivity contribution in [2.45, 2.75) is 44.0 Å². The second-order valence-electron chi connectivity index (χ2n) is 7.92. The van der Waals surface area contributed by atoms with Gasteiger partial charge in [-0.25, -0.2) is 13.8 Å². The Morgan fingerprint density at radius 3 is 2.52 bits per heavy atom. The summed E-state index contributed by atoms with van der Waals surface area (Å²) in [4.78, 5) is 21.1. The van der Waals surface area contributed by atoms with Crippen molar-refractivity contribution in [2.24, 2.45) is 7.05 Å². The Kier molecular flexibility index (Phi) is 7.56. The van der Waals surface area contributed by atoms with Gasteiger partial charge in [0.25, 0.3) is 12.3 Å². The van der Waals surface area contributed by atoms with Crippen molar-refractivity contribution in [1.82, 2.24) is 19.9 Å². The van der Waals surface area contributed by atoms with Gasteiger partial charge in [-0.3, -0.25) is 9.00 Å². The van der Waals surface area contributed by atoms with Gasteiger partial charge in [0, 0.05) is 41.0 Å². The number of amides is 1. The van der Waals surface area contributed by atoms with Crippen LogP contribution in [0.25, 0.3) is 11.2 Å². The van der Waals surface area contributed by atoms with Gasteiger partial charge >= 0.3 is 6.18 Å². The number of rotatable bonds is 8. The van der Waals surface area contributed by atoms with Gasteiger partial charge < -0.3 is 19.4 Å². The van der Waals surface area contributed by atoms with E-state index >= 15 is 0 Å². The second kappa shape index (κ2) is 9.87. The summed E-state index contributed by atoms with van der Waals surface area (Å²) < 4.78 is 85.6. The number of imidazole rings is 1. The Bertz CT molecular complexity index is 1020. The molecule has 1 unspecified atom stereocenters. The summed E-state index contributed by atoms with van der Waals surface area (Å²) in [6.07, 6.45) is -9.40. The third-order valence-corrected chi connectivity index (χ3v) is 6.56. The van der Waals surface area contributed by atoms with E-state index in [1.807, 2.05) is 6.92 Å². The van der Waals surface area contributed by atoms with Crippen LogP contribution in [0.15, 0.2) is 12.1 Å². The Balaban J connectivity index is 1.72. The number of fused-ring (bicyclic) bond motifs is 1. The zero-order chi connectivity index (χ0) is 24.4. The molecule has 0 aliphatic carbocycles. The molecule has 0 spiro atoms. The van der Waals surface area contributed by atoms with E-state index in [-0.39, 0.29) is 17.4 Å². The van der Waals surface area contributed by atoms with E-state index in [4.69, 9.17) is 4.74 Å². The highest BCUT2D eigenvalue weighted by molar-refractivity contribution is 7.85. The molecule has 1 saturated heterocycles. The number of nitrogens with one attached hydrogen (secondary N) is 1. The summed E-state index contributed by atoms with van der Waals surface area (Å²) in [6.45, 7) is -0.587. The van der Waals surface area contributed by atoms with Crippen LogP contribution in [-0.2, 0) is 22.6 Å². The molecule has 2 aromatic heterocycles. The number of halogens is 5. The first-order chi connectivity index (χ1) is 15.4. The van der Waals surface area contributed by atoms with Crippen molar-refractivity contribution < 1.29 is 40.4 Å². The van der Waals surface area contributed by atoms with Gasteiger partial charge in [0.2, 0.25) is 11.7 Å². The van der Waals surface area contributed by atoms with Crippen LogP contribution in [0.2, 0.25) is 0 Å². The summed E-state index contributed by atoms with van der Waals surface area (Å²) in [5.74, 6) is 0.332. The molecule has 0 bridgehead atoms. The molecular weight excluding hydrogens is 475 g/mol. The van der Waals surface area contributed by atoms with Gasteiger partial charge in [-0.1, -0.05) is 0 Å². The molecule has 1 N–H and O–H groups in total. The van der Waals surface area contributed by atoms with Gasteiger partial charge in [0.1, 0.15) is 18.7 Å². The van der Waals surface area contributed by atoms with Crippen molar-refractivity contribution in [3.63, 3.8) is 0 Å². The summed E-state index contributed by atoms with van der Waals surface area (Å²) in [6, 6.07) is 2.68. The first-order valence-electron chi connectivity index (χ1n) is 9.98. The van der Waals surface area contributed by atoms with Crippen molar-refractivity contribution in [2.75, 3.05) is 24.7 Å². The number of pyridine rings is 1. The van der Waals surface area contributed by atoms with Gasteiger partial charge in [0.05, 0.1) is 0 Å². The maximum atomic E-state index is 13.0. The van der Waals surface area contributed by atoms with Crippen LogP contribution in [0.4, 0.5) is 22.0 Å². The van der Waals surface area contributed by atoms with Crippen LogP contribution in [0.3, 0.4) is 0 Å². The lowest BCUT2D eigenvalue weighted by Crippen LogP contribution is -2.50. The monoisotopic (exact) mass is 498 g/mol.